The molecule has 0 unspecified atom stereocenters. The van der Waals surface area contributed by atoms with Gasteiger partial charge in [0.1, 0.15) is 11.4 Å². The van der Waals surface area contributed by atoms with Gasteiger partial charge in [-0.25, -0.2) is 4.79 Å². The largest absolute Gasteiger partial charge is 0.481 e. The van der Waals surface area contributed by atoms with Gasteiger partial charge >= 0.3 is 12.1 Å². The summed E-state index contributed by atoms with van der Waals surface area (Å²) in [6, 6.07) is 12.1. The Labute approximate surface area is 174 Å². The summed E-state index contributed by atoms with van der Waals surface area (Å²) in [5.41, 5.74) is 0.00253. The summed E-state index contributed by atoms with van der Waals surface area (Å²) in [6.07, 6.45) is -0.616. The third kappa shape index (κ3) is 7.40. The van der Waals surface area contributed by atoms with Gasteiger partial charge in [-0.1, -0.05) is 41.6 Å². The molecule has 152 valence electrons. The van der Waals surface area contributed by atoms with Crippen molar-refractivity contribution in [1.29, 1.82) is 0 Å². The van der Waals surface area contributed by atoms with Crippen molar-refractivity contribution in [3.8, 4) is 23.3 Å². The fraction of sp³-hybridized carbons (Fsp3) is 0.273. The highest BCUT2D eigenvalue weighted by Gasteiger charge is 2.20. The molecule has 0 heterocycles. The number of anilines is 1. The van der Waals surface area contributed by atoms with E-state index in [1.54, 1.807) is 45.0 Å². The van der Waals surface area contributed by atoms with Gasteiger partial charge in [-0.15, -0.1) is 0 Å². The van der Waals surface area contributed by atoms with Crippen LogP contribution in [0.5, 0.6) is 11.5 Å². The number of amides is 1. The number of rotatable bonds is 5. The molecule has 2 aromatic rings. The molecule has 0 fully saturated rings. The molecule has 0 spiro atoms. The maximum Gasteiger partial charge on any atom is 0.412 e. The summed E-state index contributed by atoms with van der Waals surface area (Å²) < 4.78 is 11.2. The Kier molecular flexibility index (Phi) is 7.52. The molecular formula is C22H22ClNO5. The zero-order valence-corrected chi connectivity index (χ0v) is 17.2. The molecule has 0 bridgehead atoms. The SMILES string of the molecule is CC(C)(C)OC(=O)Nc1ccc(Cl)c(Oc2ccccc2)c1C#CCCC(=O)O. The van der Waals surface area contributed by atoms with Crippen molar-refractivity contribution in [2.75, 3.05) is 5.32 Å². The zero-order valence-electron chi connectivity index (χ0n) is 16.4. The average Bonchev–Trinajstić information content (AvgIpc) is 2.62. The smallest absolute Gasteiger partial charge is 0.412 e. The number of nitrogens with one attached hydrogen (secondary N) is 1. The van der Waals surface area contributed by atoms with E-state index in [0.717, 1.165) is 0 Å². The first-order valence-electron chi connectivity index (χ1n) is 8.92. The molecular weight excluding hydrogens is 394 g/mol. The number of para-hydroxylation sites is 1. The number of ether oxygens (including phenoxy) is 2. The molecule has 0 saturated heterocycles. The van der Waals surface area contributed by atoms with Gasteiger partial charge in [-0.2, -0.15) is 0 Å². The molecule has 0 aromatic heterocycles. The molecule has 0 aliphatic heterocycles. The van der Waals surface area contributed by atoms with Gasteiger partial charge in [-0.3, -0.25) is 10.1 Å². The van der Waals surface area contributed by atoms with Crippen LogP contribution in [0, 0.1) is 11.8 Å². The highest BCUT2D eigenvalue weighted by Crippen LogP contribution is 2.37. The number of carboxylic acids is 1. The number of carboxylic acid groups (broad SMARTS) is 1. The minimum absolute atomic E-state index is 0.0999. The molecule has 2 N–H and O–H groups in total. The molecule has 0 atom stereocenters. The standard InChI is InChI=1S/C22H22ClNO5/c1-22(2,3)29-21(27)24-18-14-13-17(23)20(28-15-9-5-4-6-10-15)16(18)11-7-8-12-19(25)26/h4-6,9-10,13-14H,8,12H2,1-3H3,(H,24,27)(H,25,26). The zero-order chi connectivity index (χ0) is 21.4. The van der Waals surface area contributed by atoms with E-state index in [1.807, 2.05) is 18.2 Å². The number of hydrogen-bond donors (Lipinski definition) is 2. The van der Waals surface area contributed by atoms with Crippen molar-refractivity contribution < 1.29 is 24.2 Å². The summed E-state index contributed by atoms with van der Waals surface area (Å²) in [6.45, 7) is 5.26. The average molecular weight is 416 g/mol. The molecule has 0 aliphatic carbocycles. The Balaban J connectivity index is 2.41. The van der Waals surface area contributed by atoms with Crippen molar-refractivity contribution in [2.45, 2.75) is 39.2 Å². The summed E-state index contributed by atoms with van der Waals surface area (Å²) in [5.74, 6) is 5.51. The Bertz CT molecular complexity index is 939. The van der Waals surface area contributed by atoms with Crippen LogP contribution >= 0.6 is 11.6 Å². The molecule has 2 rings (SSSR count). The lowest BCUT2D eigenvalue weighted by Crippen LogP contribution is -2.27. The van der Waals surface area contributed by atoms with Crippen LogP contribution < -0.4 is 10.1 Å². The van der Waals surface area contributed by atoms with Crippen LogP contribution in [-0.4, -0.2) is 22.8 Å². The van der Waals surface area contributed by atoms with Crippen LogP contribution in [0.15, 0.2) is 42.5 Å². The second-order valence-electron chi connectivity index (χ2n) is 7.04. The first kappa shape index (κ1) is 22.1. The molecule has 0 saturated carbocycles. The second-order valence-corrected chi connectivity index (χ2v) is 7.44. The molecule has 0 aliphatic rings. The monoisotopic (exact) mass is 415 g/mol. The molecule has 1 amide bonds. The molecule has 29 heavy (non-hydrogen) atoms. The normalized spacial score (nSPS) is 10.5. The quantitative estimate of drug-likeness (QED) is 0.612. The minimum Gasteiger partial charge on any atom is -0.481 e. The number of aliphatic carboxylic acids is 1. The Morgan fingerprint density at radius 3 is 2.45 bits per heavy atom. The highest BCUT2D eigenvalue weighted by atomic mass is 35.5. The van der Waals surface area contributed by atoms with Crippen LogP contribution in [-0.2, 0) is 9.53 Å². The first-order valence-corrected chi connectivity index (χ1v) is 9.29. The third-order valence-electron chi connectivity index (χ3n) is 3.39. The van der Waals surface area contributed by atoms with E-state index in [0.29, 0.717) is 22.0 Å². The number of carbonyl (C=O) groups excluding carboxylic acids is 1. The van der Waals surface area contributed by atoms with E-state index in [9.17, 15) is 9.59 Å². The Morgan fingerprint density at radius 1 is 1.14 bits per heavy atom. The van der Waals surface area contributed by atoms with Crippen LogP contribution in [0.4, 0.5) is 10.5 Å². The molecule has 6 nitrogen and oxygen atoms in total. The highest BCUT2D eigenvalue weighted by molar-refractivity contribution is 6.32. The lowest BCUT2D eigenvalue weighted by molar-refractivity contribution is -0.136. The second kappa shape index (κ2) is 9.85. The predicted molar refractivity (Wildman–Crippen MR) is 112 cm³/mol. The number of benzene rings is 2. The van der Waals surface area contributed by atoms with Crippen molar-refractivity contribution in [2.24, 2.45) is 0 Å². The fourth-order valence-corrected chi connectivity index (χ4v) is 2.42. The van der Waals surface area contributed by atoms with E-state index in [1.165, 1.54) is 0 Å². The number of hydrogen-bond acceptors (Lipinski definition) is 4. The van der Waals surface area contributed by atoms with Gasteiger partial charge in [0, 0.05) is 6.42 Å². The lowest BCUT2D eigenvalue weighted by Gasteiger charge is -2.20. The predicted octanol–water partition coefficient (Wildman–Crippen LogP) is 5.70. The summed E-state index contributed by atoms with van der Waals surface area (Å²) in [4.78, 5) is 23.0. The van der Waals surface area contributed by atoms with Gasteiger partial charge in [0.2, 0.25) is 0 Å². The molecule has 0 radical (unpaired) electrons. The maximum absolute atomic E-state index is 12.2. The Hall–Kier alpha value is -3.17. The van der Waals surface area contributed by atoms with Crippen LogP contribution in [0.2, 0.25) is 5.02 Å². The van der Waals surface area contributed by atoms with E-state index >= 15 is 0 Å². The van der Waals surface area contributed by atoms with E-state index in [2.05, 4.69) is 17.2 Å². The lowest BCUT2D eigenvalue weighted by atomic mass is 10.1. The summed E-state index contributed by atoms with van der Waals surface area (Å²) in [5, 5.41) is 11.7. The molecule has 7 heteroatoms. The summed E-state index contributed by atoms with van der Waals surface area (Å²) >= 11 is 6.33. The third-order valence-corrected chi connectivity index (χ3v) is 3.68. The van der Waals surface area contributed by atoms with E-state index in [-0.39, 0.29) is 18.6 Å². The van der Waals surface area contributed by atoms with Crippen LogP contribution in [0.1, 0.15) is 39.2 Å². The maximum atomic E-state index is 12.2. The van der Waals surface area contributed by atoms with Crippen LogP contribution in [0.3, 0.4) is 0 Å². The van der Waals surface area contributed by atoms with E-state index < -0.39 is 17.7 Å². The van der Waals surface area contributed by atoms with E-state index in [4.69, 9.17) is 26.2 Å². The van der Waals surface area contributed by atoms with Gasteiger partial charge in [-0.05, 0) is 45.0 Å². The molecule has 2 aromatic carbocycles. The Morgan fingerprint density at radius 2 is 1.83 bits per heavy atom. The minimum atomic E-state index is -0.946. The van der Waals surface area contributed by atoms with Gasteiger partial charge in [0.15, 0.2) is 5.75 Å². The van der Waals surface area contributed by atoms with Gasteiger partial charge < -0.3 is 14.6 Å². The van der Waals surface area contributed by atoms with Crippen molar-refractivity contribution in [1.82, 2.24) is 0 Å². The van der Waals surface area contributed by atoms with Crippen molar-refractivity contribution in [3.05, 3.63) is 53.1 Å². The fourth-order valence-electron chi connectivity index (χ4n) is 2.23. The van der Waals surface area contributed by atoms with Crippen molar-refractivity contribution >= 4 is 29.4 Å². The number of carbonyl (C=O) groups is 2. The summed E-state index contributed by atoms with van der Waals surface area (Å²) in [7, 11) is 0. The van der Waals surface area contributed by atoms with Gasteiger partial charge in [0.25, 0.3) is 0 Å². The van der Waals surface area contributed by atoms with Gasteiger partial charge in [0.05, 0.1) is 22.7 Å². The number of halogens is 1. The topological polar surface area (TPSA) is 84.9 Å². The first-order chi connectivity index (χ1) is 13.7. The van der Waals surface area contributed by atoms with Crippen molar-refractivity contribution in [3.63, 3.8) is 0 Å². The van der Waals surface area contributed by atoms with Crippen LogP contribution in [0.25, 0.3) is 0 Å².